The maximum atomic E-state index is 12.1. The Balaban J connectivity index is 2.09. The number of hydrogen-bond acceptors (Lipinski definition) is 3. The van der Waals surface area contributed by atoms with E-state index in [2.05, 4.69) is 10.6 Å². The number of carbonyl (C=O) groups excluding carboxylic acids is 2. The molecule has 0 atom stereocenters. The predicted octanol–water partition coefficient (Wildman–Crippen LogP) is 3.26. The first kappa shape index (κ1) is 16.2. The van der Waals surface area contributed by atoms with E-state index in [0.29, 0.717) is 16.9 Å². The molecule has 0 fully saturated rings. The molecule has 0 saturated heterocycles. The van der Waals surface area contributed by atoms with Crippen LogP contribution in [0, 0.1) is 11.3 Å². The van der Waals surface area contributed by atoms with Crippen molar-refractivity contribution >= 4 is 23.2 Å². The summed E-state index contributed by atoms with van der Waals surface area (Å²) in [7, 11) is 0. The zero-order valence-electron chi connectivity index (χ0n) is 13.0. The molecule has 2 amide bonds. The van der Waals surface area contributed by atoms with E-state index in [9.17, 15) is 9.59 Å². The number of anilines is 2. The summed E-state index contributed by atoms with van der Waals surface area (Å²) in [5.41, 5.74) is 2.39. The highest BCUT2D eigenvalue weighted by molar-refractivity contribution is 6.43. The number of para-hydroxylation sites is 1. The smallest absolute Gasteiger partial charge is 0.314 e. The van der Waals surface area contributed by atoms with Crippen molar-refractivity contribution in [2.75, 3.05) is 10.6 Å². The molecule has 5 heteroatoms. The van der Waals surface area contributed by atoms with E-state index < -0.39 is 11.8 Å². The van der Waals surface area contributed by atoms with Crippen molar-refractivity contribution in [3.05, 3.63) is 59.7 Å². The molecule has 0 saturated carbocycles. The van der Waals surface area contributed by atoms with Crippen LogP contribution >= 0.6 is 0 Å². The molecule has 116 valence electrons. The lowest BCUT2D eigenvalue weighted by atomic mass is 10.0. The second-order valence-corrected chi connectivity index (χ2v) is 5.34. The molecule has 0 radical (unpaired) electrons. The third-order valence-electron chi connectivity index (χ3n) is 3.29. The molecule has 2 rings (SSSR count). The van der Waals surface area contributed by atoms with Gasteiger partial charge in [0.2, 0.25) is 0 Å². The summed E-state index contributed by atoms with van der Waals surface area (Å²) in [6.45, 7) is 4.02. The van der Waals surface area contributed by atoms with Gasteiger partial charge in [0.25, 0.3) is 0 Å². The average Bonchev–Trinajstić information content (AvgIpc) is 2.55. The molecule has 0 heterocycles. The number of amides is 2. The molecule has 0 aromatic heterocycles. The Morgan fingerprint density at radius 3 is 2.39 bits per heavy atom. The minimum Gasteiger partial charge on any atom is -0.318 e. The van der Waals surface area contributed by atoms with Gasteiger partial charge in [0.15, 0.2) is 0 Å². The quantitative estimate of drug-likeness (QED) is 0.854. The van der Waals surface area contributed by atoms with E-state index in [4.69, 9.17) is 5.26 Å². The monoisotopic (exact) mass is 307 g/mol. The van der Waals surface area contributed by atoms with Crippen molar-refractivity contribution in [1.82, 2.24) is 0 Å². The molecule has 5 nitrogen and oxygen atoms in total. The number of rotatable bonds is 3. The number of carbonyl (C=O) groups is 2. The van der Waals surface area contributed by atoms with Gasteiger partial charge in [-0.05, 0) is 35.7 Å². The van der Waals surface area contributed by atoms with E-state index in [-0.39, 0.29) is 5.92 Å². The van der Waals surface area contributed by atoms with E-state index in [1.807, 2.05) is 32.0 Å². The highest BCUT2D eigenvalue weighted by atomic mass is 16.2. The summed E-state index contributed by atoms with van der Waals surface area (Å²) >= 11 is 0. The summed E-state index contributed by atoms with van der Waals surface area (Å²) in [5.74, 6) is -1.30. The lowest BCUT2D eigenvalue weighted by molar-refractivity contribution is -0.133. The van der Waals surface area contributed by atoms with Crippen LogP contribution in [-0.4, -0.2) is 11.8 Å². The van der Waals surface area contributed by atoms with Crippen LogP contribution in [0.25, 0.3) is 0 Å². The van der Waals surface area contributed by atoms with Crippen LogP contribution in [-0.2, 0) is 9.59 Å². The van der Waals surface area contributed by atoms with Crippen molar-refractivity contribution in [1.29, 1.82) is 5.26 Å². The number of nitrogens with zero attached hydrogens (tertiary/aromatic N) is 1. The van der Waals surface area contributed by atoms with Crippen LogP contribution in [0.4, 0.5) is 11.4 Å². The average molecular weight is 307 g/mol. The van der Waals surface area contributed by atoms with Crippen LogP contribution in [0.2, 0.25) is 0 Å². The molecule has 0 aliphatic heterocycles. The van der Waals surface area contributed by atoms with Crippen molar-refractivity contribution < 1.29 is 9.59 Å². The van der Waals surface area contributed by atoms with E-state index in [1.165, 1.54) is 6.07 Å². The van der Waals surface area contributed by atoms with Gasteiger partial charge in [-0.25, -0.2) is 0 Å². The van der Waals surface area contributed by atoms with Crippen LogP contribution in [0.15, 0.2) is 48.5 Å². The molecule has 2 aromatic rings. The molecular formula is C18H17N3O2. The maximum absolute atomic E-state index is 12.1. The van der Waals surface area contributed by atoms with Crippen LogP contribution in [0.1, 0.15) is 30.9 Å². The van der Waals surface area contributed by atoms with Gasteiger partial charge in [0, 0.05) is 11.4 Å². The zero-order chi connectivity index (χ0) is 16.8. The summed E-state index contributed by atoms with van der Waals surface area (Å²) in [6.07, 6.45) is 0. The SMILES string of the molecule is CC(C)c1ccccc1NC(=O)C(=O)Nc1cccc(C#N)c1. The van der Waals surface area contributed by atoms with Crippen LogP contribution in [0.5, 0.6) is 0 Å². The van der Waals surface area contributed by atoms with E-state index >= 15 is 0 Å². The van der Waals surface area contributed by atoms with Crippen molar-refractivity contribution in [2.45, 2.75) is 19.8 Å². The standard InChI is InChI=1S/C18H17N3O2/c1-12(2)15-8-3-4-9-16(15)21-18(23)17(22)20-14-7-5-6-13(10-14)11-19/h3-10,12H,1-2H3,(H,20,22)(H,21,23). The maximum Gasteiger partial charge on any atom is 0.314 e. The largest absolute Gasteiger partial charge is 0.318 e. The summed E-state index contributed by atoms with van der Waals surface area (Å²) in [6, 6.07) is 15.7. The predicted molar refractivity (Wildman–Crippen MR) is 88.9 cm³/mol. The Kier molecular flexibility index (Phi) is 5.11. The van der Waals surface area contributed by atoms with Crippen LogP contribution in [0.3, 0.4) is 0 Å². The number of benzene rings is 2. The second kappa shape index (κ2) is 7.23. The van der Waals surface area contributed by atoms with Gasteiger partial charge >= 0.3 is 11.8 Å². The number of nitrogens with one attached hydrogen (secondary N) is 2. The van der Waals surface area contributed by atoms with Gasteiger partial charge < -0.3 is 10.6 Å². The van der Waals surface area contributed by atoms with Crippen molar-refractivity contribution in [3.8, 4) is 6.07 Å². The first-order valence-corrected chi connectivity index (χ1v) is 7.22. The van der Waals surface area contributed by atoms with Gasteiger partial charge in [0.05, 0.1) is 11.6 Å². The van der Waals surface area contributed by atoms with Gasteiger partial charge in [-0.15, -0.1) is 0 Å². The molecule has 0 unspecified atom stereocenters. The zero-order valence-corrected chi connectivity index (χ0v) is 13.0. The molecule has 0 aliphatic carbocycles. The Bertz CT molecular complexity index is 776. The lowest BCUT2D eigenvalue weighted by Crippen LogP contribution is -2.29. The third kappa shape index (κ3) is 4.17. The summed E-state index contributed by atoms with van der Waals surface area (Å²) < 4.78 is 0. The fraction of sp³-hybridized carbons (Fsp3) is 0.167. The van der Waals surface area contributed by atoms with Gasteiger partial charge in [-0.3, -0.25) is 9.59 Å². The second-order valence-electron chi connectivity index (χ2n) is 5.34. The fourth-order valence-electron chi connectivity index (χ4n) is 2.15. The highest BCUT2D eigenvalue weighted by Crippen LogP contribution is 2.23. The third-order valence-corrected chi connectivity index (χ3v) is 3.29. The number of nitriles is 1. The van der Waals surface area contributed by atoms with Crippen LogP contribution < -0.4 is 10.6 Å². The normalized spacial score (nSPS) is 10.0. The summed E-state index contributed by atoms with van der Waals surface area (Å²) in [4.78, 5) is 24.0. The molecule has 0 aliphatic rings. The van der Waals surface area contributed by atoms with Gasteiger partial charge in [0.1, 0.15) is 0 Å². The molecule has 0 spiro atoms. The number of hydrogen-bond donors (Lipinski definition) is 2. The first-order chi connectivity index (χ1) is 11.0. The Morgan fingerprint density at radius 2 is 1.70 bits per heavy atom. The minimum atomic E-state index is -0.779. The van der Waals surface area contributed by atoms with E-state index in [1.54, 1.807) is 30.3 Å². The molecular weight excluding hydrogens is 290 g/mol. The topological polar surface area (TPSA) is 82.0 Å². The summed E-state index contributed by atoms with van der Waals surface area (Å²) in [5, 5.41) is 13.9. The lowest BCUT2D eigenvalue weighted by Gasteiger charge is -2.13. The van der Waals surface area contributed by atoms with Crippen molar-refractivity contribution in [2.24, 2.45) is 0 Å². The van der Waals surface area contributed by atoms with Gasteiger partial charge in [-0.2, -0.15) is 5.26 Å². The fourth-order valence-corrected chi connectivity index (χ4v) is 2.15. The molecule has 2 aromatic carbocycles. The Hall–Kier alpha value is -3.13. The van der Waals surface area contributed by atoms with Gasteiger partial charge in [-0.1, -0.05) is 38.1 Å². The molecule has 2 N–H and O–H groups in total. The highest BCUT2D eigenvalue weighted by Gasteiger charge is 2.16. The first-order valence-electron chi connectivity index (χ1n) is 7.22. The minimum absolute atomic E-state index is 0.224. The van der Waals surface area contributed by atoms with Crippen molar-refractivity contribution in [3.63, 3.8) is 0 Å². The van der Waals surface area contributed by atoms with E-state index in [0.717, 1.165) is 5.56 Å². The Labute approximate surface area is 134 Å². The molecule has 23 heavy (non-hydrogen) atoms. The Morgan fingerprint density at radius 1 is 1.00 bits per heavy atom. The molecule has 0 bridgehead atoms.